The van der Waals surface area contributed by atoms with Gasteiger partial charge in [0.2, 0.25) is 5.91 Å². The summed E-state index contributed by atoms with van der Waals surface area (Å²) in [6, 6.07) is 16.2. The number of aromatic nitrogens is 2. The zero-order chi connectivity index (χ0) is 18.6. The first-order chi connectivity index (χ1) is 13.3. The number of amides is 1. The Hall–Kier alpha value is -2.66. The molecule has 4 rings (SSSR count). The quantitative estimate of drug-likeness (QED) is 0.700. The van der Waals surface area contributed by atoms with Crippen LogP contribution in [0.2, 0.25) is 0 Å². The summed E-state index contributed by atoms with van der Waals surface area (Å²) in [7, 11) is 0. The molecule has 0 bridgehead atoms. The van der Waals surface area contributed by atoms with Crippen LogP contribution in [-0.2, 0) is 11.3 Å². The lowest BCUT2D eigenvalue weighted by Gasteiger charge is -2.36. The summed E-state index contributed by atoms with van der Waals surface area (Å²) in [5.74, 6) is 0.231. The summed E-state index contributed by atoms with van der Waals surface area (Å²) in [5, 5.41) is 0. The van der Waals surface area contributed by atoms with Gasteiger partial charge in [0.1, 0.15) is 5.65 Å². The van der Waals surface area contributed by atoms with Crippen LogP contribution >= 0.6 is 0 Å². The first-order valence-electron chi connectivity index (χ1n) is 9.73. The van der Waals surface area contributed by atoms with Crippen LogP contribution in [0.15, 0.2) is 60.9 Å². The number of hydrogen-bond acceptors (Lipinski definition) is 3. The second-order valence-electron chi connectivity index (χ2n) is 7.15. The summed E-state index contributed by atoms with van der Waals surface area (Å²) >= 11 is 0. The van der Waals surface area contributed by atoms with Gasteiger partial charge >= 0.3 is 0 Å². The fourth-order valence-corrected chi connectivity index (χ4v) is 3.92. The van der Waals surface area contributed by atoms with E-state index < -0.39 is 0 Å². The number of hydrogen-bond donors (Lipinski definition) is 0. The molecule has 5 heteroatoms. The molecule has 5 nitrogen and oxygen atoms in total. The van der Waals surface area contributed by atoms with Crippen LogP contribution in [0.3, 0.4) is 0 Å². The molecular formula is C22H26N4O. The van der Waals surface area contributed by atoms with Gasteiger partial charge < -0.3 is 9.30 Å². The Balaban J connectivity index is 1.37. The molecule has 0 saturated carbocycles. The topological polar surface area (TPSA) is 40.9 Å². The van der Waals surface area contributed by atoms with E-state index in [1.165, 1.54) is 5.69 Å². The third kappa shape index (κ3) is 3.74. The summed E-state index contributed by atoms with van der Waals surface area (Å²) in [4.78, 5) is 21.9. The highest BCUT2D eigenvalue weighted by atomic mass is 16.2. The minimum Gasteiger partial charge on any atom is -0.340 e. The van der Waals surface area contributed by atoms with E-state index in [9.17, 15) is 4.79 Å². The molecule has 0 radical (unpaired) electrons. The predicted octanol–water partition coefficient (Wildman–Crippen LogP) is 3.17. The fourth-order valence-electron chi connectivity index (χ4n) is 3.92. The van der Waals surface area contributed by atoms with Crippen molar-refractivity contribution in [3.05, 3.63) is 72.2 Å². The molecule has 1 fully saturated rings. The molecule has 3 heterocycles. The van der Waals surface area contributed by atoms with Crippen molar-refractivity contribution in [3.63, 3.8) is 0 Å². The van der Waals surface area contributed by atoms with Gasteiger partial charge in [0, 0.05) is 38.9 Å². The van der Waals surface area contributed by atoms with Gasteiger partial charge in [-0.05, 0) is 24.1 Å². The van der Waals surface area contributed by atoms with E-state index in [2.05, 4.69) is 39.5 Å². The van der Waals surface area contributed by atoms with Gasteiger partial charge in [0.05, 0.1) is 17.8 Å². The molecule has 1 aliphatic rings. The number of imidazole rings is 1. The number of piperazine rings is 1. The van der Waals surface area contributed by atoms with E-state index >= 15 is 0 Å². The number of benzene rings is 1. The van der Waals surface area contributed by atoms with Crippen molar-refractivity contribution in [1.82, 2.24) is 19.2 Å². The zero-order valence-electron chi connectivity index (χ0n) is 15.8. The standard InChI is InChI=1S/C22H26N4O/c1-2-20(18-8-4-3-5-9-18)22(27)25-14-12-24(13-15-25)17-19-16-23-21-10-6-7-11-26(19)21/h3-11,16,20H,2,12-15,17H2,1H3. The molecule has 0 aliphatic carbocycles. The molecule has 2 aromatic heterocycles. The molecule has 3 aromatic rings. The van der Waals surface area contributed by atoms with Gasteiger partial charge in [-0.1, -0.05) is 43.3 Å². The molecule has 1 aromatic carbocycles. The minimum atomic E-state index is -0.0310. The van der Waals surface area contributed by atoms with Crippen molar-refractivity contribution >= 4 is 11.6 Å². The lowest BCUT2D eigenvalue weighted by atomic mass is 9.95. The van der Waals surface area contributed by atoms with Crippen LogP contribution in [0.25, 0.3) is 5.65 Å². The number of fused-ring (bicyclic) bond motifs is 1. The van der Waals surface area contributed by atoms with Crippen molar-refractivity contribution in [2.75, 3.05) is 26.2 Å². The van der Waals surface area contributed by atoms with Crippen LogP contribution in [0.4, 0.5) is 0 Å². The summed E-state index contributed by atoms with van der Waals surface area (Å²) in [6.07, 6.45) is 4.85. The van der Waals surface area contributed by atoms with Gasteiger partial charge in [0.25, 0.3) is 0 Å². The normalized spacial score (nSPS) is 16.6. The number of nitrogens with zero attached hydrogens (tertiary/aromatic N) is 4. The highest BCUT2D eigenvalue weighted by Crippen LogP contribution is 2.23. The lowest BCUT2D eigenvalue weighted by Crippen LogP contribution is -2.49. The van der Waals surface area contributed by atoms with Crippen molar-refractivity contribution in [1.29, 1.82) is 0 Å². The molecule has 0 spiro atoms. The Morgan fingerprint density at radius 3 is 2.52 bits per heavy atom. The molecule has 1 amide bonds. The smallest absolute Gasteiger partial charge is 0.230 e. The average molecular weight is 362 g/mol. The first-order valence-corrected chi connectivity index (χ1v) is 9.73. The van der Waals surface area contributed by atoms with Crippen LogP contribution in [0, 0.1) is 0 Å². The maximum atomic E-state index is 13.0. The average Bonchev–Trinajstić information content (AvgIpc) is 3.13. The number of pyridine rings is 1. The van der Waals surface area contributed by atoms with Gasteiger partial charge in [0.15, 0.2) is 0 Å². The van der Waals surface area contributed by atoms with Gasteiger partial charge in [-0.3, -0.25) is 9.69 Å². The van der Waals surface area contributed by atoms with Crippen molar-refractivity contribution in [2.45, 2.75) is 25.8 Å². The Labute approximate surface area is 160 Å². The second-order valence-corrected chi connectivity index (χ2v) is 7.15. The van der Waals surface area contributed by atoms with Crippen LogP contribution < -0.4 is 0 Å². The SMILES string of the molecule is CCC(C(=O)N1CCN(Cc2cnc3ccccn23)CC1)c1ccccc1. The van der Waals surface area contributed by atoms with Crippen molar-refractivity contribution in [3.8, 4) is 0 Å². The van der Waals surface area contributed by atoms with E-state index in [0.29, 0.717) is 0 Å². The molecule has 0 N–H and O–H groups in total. The van der Waals surface area contributed by atoms with Gasteiger partial charge in [-0.25, -0.2) is 4.98 Å². The highest BCUT2D eigenvalue weighted by molar-refractivity contribution is 5.83. The molecular weight excluding hydrogens is 336 g/mol. The maximum absolute atomic E-state index is 13.0. The van der Waals surface area contributed by atoms with E-state index in [1.807, 2.05) is 47.5 Å². The summed E-state index contributed by atoms with van der Waals surface area (Å²) < 4.78 is 2.14. The number of rotatable bonds is 5. The van der Waals surface area contributed by atoms with E-state index in [-0.39, 0.29) is 11.8 Å². The summed E-state index contributed by atoms with van der Waals surface area (Å²) in [6.45, 7) is 6.34. The molecule has 1 aliphatic heterocycles. The van der Waals surface area contributed by atoms with Gasteiger partial charge in [-0.2, -0.15) is 0 Å². The van der Waals surface area contributed by atoms with E-state index in [4.69, 9.17) is 0 Å². The summed E-state index contributed by atoms with van der Waals surface area (Å²) in [5.41, 5.74) is 3.30. The maximum Gasteiger partial charge on any atom is 0.230 e. The largest absolute Gasteiger partial charge is 0.340 e. The molecule has 140 valence electrons. The number of carbonyl (C=O) groups is 1. The minimum absolute atomic E-state index is 0.0310. The monoisotopic (exact) mass is 362 g/mol. The molecule has 1 saturated heterocycles. The molecule has 1 atom stereocenters. The first kappa shape index (κ1) is 17.7. The Morgan fingerprint density at radius 2 is 1.78 bits per heavy atom. The third-order valence-corrected chi connectivity index (χ3v) is 5.47. The second kappa shape index (κ2) is 7.92. The fraction of sp³-hybridized carbons (Fsp3) is 0.364. The van der Waals surface area contributed by atoms with E-state index in [0.717, 1.165) is 50.4 Å². The van der Waals surface area contributed by atoms with Crippen molar-refractivity contribution < 1.29 is 4.79 Å². The zero-order valence-corrected chi connectivity index (χ0v) is 15.8. The Bertz CT molecular complexity index is 897. The molecule has 1 unspecified atom stereocenters. The van der Waals surface area contributed by atoms with Crippen LogP contribution in [0.1, 0.15) is 30.5 Å². The van der Waals surface area contributed by atoms with Crippen LogP contribution in [-0.4, -0.2) is 51.3 Å². The Morgan fingerprint density at radius 1 is 1.04 bits per heavy atom. The Kier molecular flexibility index (Phi) is 5.21. The predicted molar refractivity (Wildman–Crippen MR) is 107 cm³/mol. The highest BCUT2D eigenvalue weighted by Gasteiger charge is 2.27. The van der Waals surface area contributed by atoms with Crippen LogP contribution in [0.5, 0.6) is 0 Å². The third-order valence-electron chi connectivity index (χ3n) is 5.47. The van der Waals surface area contributed by atoms with Gasteiger partial charge in [-0.15, -0.1) is 0 Å². The van der Waals surface area contributed by atoms with Crippen molar-refractivity contribution in [2.24, 2.45) is 0 Å². The molecule has 27 heavy (non-hydrogen) atoms. The number of carbonyl (C=O) groups excluding carboxylic acids is 1. The lowest BCUT2D eigenvalue weighted by molar-refractivity contribution is -0.134. The van der Waals surface area contributed by atoms with E-state index in [1.54, 1.807) is 0 Å².